The quantitative estimate of drug-likeness (QED) is 0.559. The minimum absolute atomic E-state index is 0. The number of benzene rings is 1. The molecule has 0 aliphatic rings. The molecule has 0 fully saturated rings. The van der Waals surface area contributed by atoms with Crippen LogP contribution in [0.2, 0.25) is 0 Å². The summed E-state index contributed by atoms with van der Waals surface area (Å²) in [7, 11) is -3.59. The van der Waals surface area contributed by atoms with Crippen molar-refractivity contribution in [2.75, 3.05) is 19.6 Å². The van der Waals surface area contributed by atoms with Crippen molar-refractivity contribution in [3.8, 4) is 0 Å². The van der Waals surface area contributed by atoms with Crippen LogP contribution in [0.4, 0.5) is 0 Å². The first-order valence-corrected chi connectivity index (χ1v) is 10.00. The van der Waals surface area contributed by atoms with Crippen molar-refractivity contribution >= 4 is 39.7 Å². The second-order valence-electron chi connectivity index (χ2n) is 5.04. The van der Waals surface area contributed by atoms with Crippen LogP contribution in [0.15, 0.2) is 46.7 Å². The second kappa shape index (κ2) is 10.5. The Morgan fingerprint density at radius 3 is 2.44 bits per heavy atom. The Balaban J connectivity index is 0.00000312. The van der Waals surface area contributed by atoms with Crippen LogP contribution < -0.4 is 15.4 Å². The minimum Gasteiger partial charge on any atom is -0.351 e. The van der Waals surface area contributed by atoms with Gasteiger partial charge in [-0.3, -0.25) is 4.79 Å². The molecule has 0 radical (unpaired) electrons. The van der Waals surface area contributed by atoms with Gasteiger partial charge in [-0.1, -0.05) is 13.0 Å². The number of hydrogen-bond acceptors (Lipinski definition) is 5. The number of rotatable bonds is 9. The van der Waals surface area contributed by atoms with Crippen molar-refractivity contribution in [3.63, 3.8) is 0 Å². The van der Waals surface area contributed by atoms with E-state index in [1.54, 1.807) is 0 Å². The first-order valence-electron chi connectivity index (χ1n) is 7.64. The van der Waals surface area contributed by atoms with E-state index >= 15 is 0 Å². The van der Waals surface area contributed by atoms with E-state index in [0.29, 0.717) is 18.7 Å². The zero-order valence-electron chi connectivity index (χ0n) is 13.8. The molecule has 0 spiro atoms. The Labute approximate surface area is 158 Å². The first-order chi connectivity index (χ1) is 11.5. The van der Waals surface area contributed by atoms with Gasteiger partial charge in [0.2, 0.25) is 10.0 Å². The number of halogens is 1. The van der Waals surface area contributed by atoms with Gasteiger partial charge in [0.15, 0.2) is 0 Å². The standard InChI is InChI=1S/C16H21N3O3S2.ClH/c1-2-17-9-10-18-16(20)13-5-7-15(8-6-13)24(21,22)19-12-14-4-3-11-23-14;/h3-8,11,17,19H,2,9-10,12H2,1H3,(H,18,20);1H. The van der Waals surface area contributed by atoms with E-state index in [0.717, 1.165) is 11.4 Å². The van der Waals surface area contributed by atoms with Crippen molar-refractivity contribution in [3.05, 3.63) is 52.2 Å². The average molecular weight is 404 g/mol. The third-order valence-electron chi connectivity index (χ3n) is 3.28. The molecule has 9 heteroatoms. The first kappa shape index (κ1) is 21.6. The highest BCUT2D eigenvalue weighted by molar-refractivity contribution is 7.89. The summed E-state index contributed by atoms with van der Waals surface area (Å²) in [6.07, 6.45) is 0. The van der Waals surface area contributed by atoms with Crippen molar-refractivity contribution in [1.82, 2.24) is 15.4 Å². The fraction of sp³-hybridized carbons (Fsp3) is 0.312. The lowest BCUT2D eigenvalue weighted by Crippen LogP contribution is -2.31. The third-order valence-corrected chi connectivity index (χ3v) is 5.57. The summed E-state index contributed by atoms with van der Waals surface area (Å²) < 4.78 is 27.0. The average Bonchev–Trinajstić information content (AvgIpc) is 3.10. The van der Waals surface area contributed by atoms with Crippen molar-refractivity contribution in [1.29, 1.82) is 0 Å². The van der Waals surface area contributed by atoms with Gasteiger partial charge >= 0.3 is 0 Å². The Morgan fingerprint density at radius 1 is 1.12 bits per heavy atom. The summed E-state index contributed by atoms with van der Waals surface area (Å²) in [5.74, 6) is -0.219. The normalized spacial score (nSPS) is 10.9. The molecule has 0 aliphatic carbocycles. The molecule has 1 heterocycles. The summed E-state index contributed by atoms with van der Waals surface area (Å²) in [6, 6.07) is 9.66. The highest BCUT2D eigenvalue weighted by atomic mass is 35.5. The molecule has 2 rings (SSSR count). The lowest BCUT2D eigenvalue weighted by Gasteiger charge is -2.08. The zero-order valence-corrected chi connectivity index (χ0v) is 16.3. The fourth-order valence-electron chi connectivity index (χ4n) is 1.99. The summed E-state index contributed by atoms with van der Waals surface area (Å²) in [6.45, 7) is 4.32. The molecule has 0 atom stereocenters. The van der Waals surface area contributed by atoms with Crippen LogP contribution in [-0.4, -0.2) is 34.0 Å². The predicted molar refractivity (Wildman–Crippen MR) is 103 cm³/mol. The van der Waals surface area contributed by atoms with E-state index in [9.17, 15) is 13.2 Å². The van der Waals surface area contributed by atoms with E-state index in [1.807, 2.05) is 24.4 Å². The van der Waals surface area contributed by atoms with Crippen LogP contribution in [0.3, 0.4) is 0 Å². The van der Waals surface area contributed by atoms with Gasteiger partial charge < -0.3 is 10.6 Å². The molecule has 1 amide bonds. The zero-order chi connectivity index (χ0) is 17.4. The van der Waals surface area contributed by atoms with E-state index in [-0.39, 0.29) is 29.8 Å². The molecule has 25 heavy (non-hydrogen) atoms. The number of thiophene rings is 1. The number of carbonyl (C=O) groups excluding carboxylic acids is 1. The predicted octanol–water partition coefficient (Wildman–Crippen LogP) is 1.99. The fourth-order valence-corrected chi connectivity index (χ4v) is 3.73. The molecule has 1 aromatic heterocycles. The molecule has 0 saturated carbocycles. The van der Waals surface area contributed by atoms with E-state index < -0.39 is 10.0 Å². The molecule has 2 aromatic rings. The van der Waals surface area contributed by atoms with Crippen LogP contribution in [0.1, 0.15) is 22.2 Å². The largest absolute Gasteiger partial charge is 0.351 e. The van der Waals surface area contributed by atoms with Crippen molar-refractivity contribution < 1.29 is 13.2 Å². The van der Waals surface area contributed by atoms with Gasteiger partial charge in [0.25, 0.3) is 5.91 Å². The maximum absolute atomic E-state index is 12.2. The highest BCUT2D eigenvalue weighted by Gasteiger charge is 2.15. The maximum Gasteiger partial charge on any atom is 0.251 e. The SMILES string of the molecule is CCNCCNC(=O)c1ccc(S(=O)(=O)NCc2cccs2)cc1.Cl. The lowest BCUT2D eigenvalue weighted by molar-refractivity contribution is 0.0954. The summed E-state index contributed by atoms with van der Waals surface area (Å²) in [5.41, 5.74) is 0.434. The number of nitrogens with one attached hydrogen (secondary N) is 3. The monoisotopic (exact) mass is 403 g/mol. The topological polar surface area (TPSA) is 87.3 Å². The summed E-state index contributed by atoms with van der Waals surface area (Å²) >= 11 is 1.49. The molecule has 0 unspecified atom stereocenters. The lowest BCUT2D eigenvalue weighted by atomic mass is 10.2. The Hall–Kier alpha value is -1.45. The van der Waals surface area contributed by atoms with E-state index in [4.69, 9.17) is 0 Å². The molecule has 0 aliphatic heterocycles. The smallest absolute Gasteiger partial charge is 0.251 e. The number of sulfonamides is 1. The second-order valence-corrected chi connectivity index (χ2v) is 7.84. The minimum atomic E-state index is -3.59. The number of amides is 1. The maximum atomic E-state index is 12.2. The van der Waals surface area contributed by atoms with Crippen LogP contribution >= 0.6 is 23.7 Å². The third kappa shape index (κ3) is 6.75. The van der Waals surface area contributed by atoms with Gasteiger partial charge in [0.05, 0.1) is 4.90 Å². The molecule has 1 aromatic carbocycles. The summed E-state index contributed by atoms with van der Waals surface area (Å²) in [4.78, 5) is 13.0. The Morgan fingerprint density at radius 2 is 1.84 bits per heavy atom. The van der Waals surface area contributed by atoms with Gasteiger partial charge in [-0.25, -0.2) is 13.1 Å². The molecule has 0 saturated heterocycles. The van der Waals surface area contributed by atoms with Gasteiger partial charge in [-0.05, 0) is 42.3 Å². The summed E-state index contributed by atoms with van der Waals surface area (Å²) in [5, 5.41) is 7.77. The van der Waals surface area contributed by atoms with Gasteiger partial charge in [0, 0.05) is 30.1 Å². The Kier molecular flexibility index (Phi) is 9.09. The van der Waals surface area contributed by atoms with Crippen LogP contribution in [-0.2, 0) is 16.6 Å². The number of likely N-dealkylation sites (N-methyl/N-ethyl adjacent to an activating group) is 1. The molecule has 6 nitrogen and oxygen atoms in total. The highest BCUT2D eigenvalue weighted by Crippen LogP contribution is 2.13. The molecule has 138 valence electrons. The van der Waals surface area contributed by atoms with Crippen molar-refractivity contribution in [2.24, 2.45) is 0 Å². The van der Waals surface area contributed by atoms with E-state index in [2.05, 4.69) is 15.4 Å². The van der Waals surface area contributed by atoms with Gasteiger partial charge in [-0.2, -0.15) is 0 Å². The molecular formula is C16H22ClN3O3S2. The van der Waals surface area contributed by atoms with Crippen molar-refractivity contribution in [2.45, 2.75) is 18.4 Å². The van der Waals surface area contributed by atoms with Crippen LogP contribution in [0, 0.1) is 0 Å². The van der Waals surface area contributed by atoms with Crippen LogP contribution in [0.25, 0.3) is 0 Å². The number of hydrogen-bond donors (Lipinski definition) is 3. The van der Waals surface area contributed by atoms with Crippen LogP contribution in [0.5, 0.6) is 0 Å². The molecule has 0 bridgehead atoms. The van der Waals surface area contributed by atoms with E-state index in [1.165, 1.54) is 35.6 Å². The Bertz CT molecular complexity index is 747. The van der Waals surface area contributed by atoms with Gasteiger partial charge in [0.1, 0.15) is 0 Å². The molecular weight excluding hydrogens is 382 g/mol. The molecule has 3 N–H and O–H groups in total. The van der Waals surface area contributed by atoms with Gasteiger partial charge in [-0.15, -0.1) is 23.7 Å². The number of carbonyl (C=O) groups is 1.